The maximum Gasteiger partial charge on any atom is 0.137 e. The zero-order chi connectivity index (χ0) is 12.1. The molecule has 0 aliphatic heterocycles. The van der Waals surface area contributed by atoms with Gasteiger partial charge in [-0.3, -0.25) is 4.98 Å². The van der Waals surface area contributed by atoms with Gasteiger partial charge in [0.25, 0.3) is 0 Å². The van der Waals surface area contributed by atoms with E-state index < -0.39 is 0 Å². The van der Waals surface area contributed by atoms with Gasteiger partial charge < -0.3 is 10.1 Å². The van der Waals surface area contributed by atoms with Crippen LogP contribution < -0.4 is 10.1 Å². The van der Waals surface area contributed by atoms with Gasteiger partial charge in [0.15, 0.2) is 0 Å². The fraction of sp³-hybridized carbons (Fsp3) is 0.643. The number of ether oxygens (including phenoxy) is 1. The normalized spacial score (nSPS) is 25.3. The number of hydrogen-bond acceptors (Lipinski definition) is 3. The molecule has 1 saturated carbocycles. The molecule has 1 aliphatic carbocycles. The van der Waals surface area contributed by atoms with Gasteiger partial charge in [0.05, 0.1) is 13.3 Å². The van der Waals surface area contributed by atoms with Gasteiger partial charge in [0.2, 0.25) is 0 Å². The molecule has 94 valence electrons. The first kappa shape index (κ1) is 12.4. The Hall–Kier alpha value is -1.09. The van der Waals surface area contributed by atoms with Crippen LogP contribution in [0.3, 0.4) is 0 Å². The summed E-state index contributed by atoms with van der Waals surface area (Å²) < 4.78 is 5.25. The molecule has 2 rings (SSSR count). The average Bonchev–Trinajstić information content (AvgIpc) is 2.64. The summed E-state index contributed by atoms with van der Waals surface area (Å²) in [5.41, 5.74) is 1.33. The first-order valence-corrected chi connectivity index (χ1v) is 6.49. The van der Waals surface area contributed by atoms with E-state index in [0.29, 0.717) is 12.0 Å². The van der Waals surface area contributed by atoms with E-state index in [9.17, 15) is 0 Å². The summed E-state index contributed by atoms with van der Waals surface area (Å²) in [5, 5.41) is 3.42. The van der Waals surface area contributed by atoms with Gasteiger partial charge >= 0.3 is 0 Å². The molecule has 0 bridgehead atoms. The van der Waals surface area contributed by atoms with Crippen molar-refractivity contribution in [3.8, 4) is 5.75 Å². The molecule has 2 unspecified atom stereocenters. The SMILES string of the molecule is CNC1CCCCC(c2cncc(OC)c2)C1. The Balaban J connectivity index is 2.13. The number of rotatable bonds is 3. The number of pyridine rings is 1. The van der Waals surface area contributed by atoms with Gasteiger partial charge in [0.1, 0.15) is 5.75 Å². The van der Waals surface area contributed by atoms with Crippen LogP contribution >= 0.6 is 0 Å². The van der Waals surface area contributed by atoms with Crippen LogP contribution in [0.1, 0.15) is 43.6 Å². The highest BCUT2D eigenvalue weighted by molar-refractivity contribution is 5.26. The average molecular weight is 234 g/mol. The maximum absolute atomic E-state index is 5.25. The molecule has 1 N–H and O–H groups in total. The molecule has 3 heteroatoms. The van der Waals surface area contributed by atoms with Crippen LogP contribution in [0.25, 0.3) is 0 Å². The number of nitrogens with one attached hydrogen (secondary N) is 1. The second-order valence-corrected chi connectivity index (χ2v) is 4.86. The zero-order valence-corrected chi connectivity index (χ0v) is 10.8. The molecule has 1 aliphatic rings. The van der Waals surface area contributed by atoms with Crippen LogP contribution in [-0.2, 0) is 0 Å². The summed E-state index contributed by atoms with van der Waals surface area (Å²) in [6, 6.07) is 2.78. The first-order valence-electron chi connectivity index (χ1n) is 6.49. The van der Waals surface area contributed by atoms with Crippen molar-refractivity contribution >= 4 is 0 Å². The van der Waals surface area contributed by atoms with E-state index in [-0.39, 0.29) is 0 Å². The van der Waals surface area contributed by atoms with Crippen molar-refractivity contribution in [3.63, 3.8) is 0 Å². The van der Waals surface area contributed by atoms with Crippen molar-refractivity contribution < 1.29 is 4.74 Å². The molecule has 0 radical (unpaired) electrons. The predicted octanol–water partition coefficient (Wildman–Crippen LogP) is 2.73. The lowest BCUT2D eigenvalue weighted by atomic mass is 9.91. The van der Waals surface area contributed by atoms with Crippen molar-refractivity contribution in [3.05, 3.63) is 24.0 Å². The monoisotopic (exact) mass is 234 g/mol. The van der Waals surface area contributed by atoms with E-state index in [0.717, 1.165) is 5.75 Å². The third kappa shape index (κ3) is 3.19. The number of nitrogens with zero attached hydrogens (tertiary/aromatic N) is 1. The molecular formula is C14H22N2O. The minimum Gasteiger partial charge on any atom is -0.495 e. The molecular weight excluding hydrogens is 212 g/mol. The Bertz CT molecular complexity index is 354. The molecule has 0 saturated heterocycles. The van der Waals surface area contributed by atoms with Crippen LogP contribution in [0.15, 0.2) is 18.5 Å². The highest BCUT2D eigenvalue weighted by Crippen LogP contribution is 2.32. The Morgan fingerprint density at radius 3 is 2.88 bits per heavy atom. The largest absolute Gasteiger partial charge is 0.495 e. The number of methoxy groups -OCH3 is 1. The van der Waals surface area contributed by atoms with Gasteiger partial charge in [-0.1, -0.05) is 12.8 Å². The quantitative estimate of drug-likeness (QED) is 0.817. The van der Waals surface area contributed by atoms with Gasteiger partial charge in [-0.2, -0.15) is 0 Å². The molecule has 17 heavy (non-hydrogen) atoms. The Kier molecular flexibility index (Phi) is 4.37. The van der Waals surface area contributed by atoms with Crippen LogP contribution in [0.2, 0.25) is 0 Å². The topological polar surface area (TPSA) is 34.2 Å². The lowest BCUT2D eigenvalue weighted by Crippen LogP contribution is -2.25. The highest BCUT2D eigenvalue weighted by atomic mass is 16.5. The van der Waals surface area contributed by atoms with Crippen LogP contribution in [0.5, 0.6) is 5.75 Å². The Labute approximate surface area is 104 Å². The second-order valence-electron chi connectivity index (χ2n) is 4.86. The van der Waals surface area contributed by atoms with Crippen molar-refractivity contribution in [1.82, 2.24) is 10.3 Å². The van der Waals surface area contributed by atoms with E-state index in [2.05, 4.69) is 23.4 Å². The first-order chi connectivity index (χ1) is 8.33. The smallest absolute Gasteiger partial charge is 0.137 e. The number of aromatic nitrogens is 1. The third-order valence-electron chi connectivity index (χ3n) is 3.77. The Morgan fingerprint density at radius 1 is 1.29 bits per heavy atom. The molecule has 3 nitrogen and oxygen atoms in total. The van der Waals surface area contributed by atoms with E-state index in [1.165, 1.54) is 37.7 Å². The summed E-state index contributed by atoms with van der Waals surface area (Å²) >= 11 is 0. The molecule has 1 fully saturated rings. The molecule has 0 spiro atoms. The highest BCUT2D eigenvalue weighted by Gasteiger charge is 2.20. The fourth-order valence-electron chi connectivity index (χ4n) is 2.70. The number of hydrogen-bond donors (Lipinski definition) is 1. The van der Waals surface area contributed by atoms with E-state index in [1.807, 2.05) is 6.20 Å². The summed E-state index contributed by atoms with van der Waals surface area (Å²) in [6.07, 6.45) is 10.2. The second kappa shape index (κ2) is 6.01. The predicted molar refractivity (Wildman–Crippen MR) is 69.5 cm³/mol. The minimum absolute atomic E-state index is 0.623. The Morgan fingerprint density at radius 2 is 2.12 bits per heavy atom. The van der Waals surface area contributed by atoms with E-state index >= 15 is 0 Å². The zero-order valence-electron chi connectivity index (χ0n) is 10.8. The lowest BCUT2D eigenvalue weighted by Gasteiger charge is -2.20. The van der Waals surface area contributed by atoms with Crippen molar-refractivity contribution in [2.24, 2.45) is 0 Å². The van der Waals surface area contributed by atoms with Crippen LogP contribution in [0.4, 0.5) is 0 Å². The molecule has 0 aromatic carbocycles. The summed E-state index contributed by atoms with van der Waals surface area (Å²) in [7, 11) is 3.77. The van der Waals surface area contributed by atoms with Crippen molar-refractivity contribution in [2.45, 2.75) is 44.1 Å². The van der Waals surface area contributed by atoms with E-state index in [4.69, 9.17) is 4.74 Å². The molecule has 2 atom stereocenters. The maximum atomic E-state index is 5.25. The molecule has 1 heterocycles. The lowest BCUT2D eigenvalue weighted by molar-refractivity contribution is 0.410. The van der Waals surface area contributed by atoms with E-state index in [1.54, 1.807) is 13.3 Å². The van der Waals surface area contributed by atoms with Crippen LogP contribution in [-0.4, -0.2) is 25.2 Å². The molecule has 0 amide bonds. The standard InChI is InChI=1S/C14H22N2O/c1-15-13-6-4-3-5-11(7-13)12-8-14(17-2)10-16-9-12/h8-11,13,15H,3-7H2,1-2H3. The third-order valence-corrected chi connectivity index (χ3v) is 3.77. The van der Waals surface area contributed by atoms with Gasteiger partial charge in [0, 0.05) is 12.2 Å². The van der Waals surface area contributed by atoms with Crippen molar-refractivity contribution in [1.29, 1.82) is 0 Å². The van der Waals surface area contributed by atoms with Crippen molar-refractivity contribution in [2.75, 3.05) is 14.2 Å². The summed E-state index contributed by atoms with van der Waals surface area (Å²) in [5.74, 6) is 1.49. The minimum atomic E-state index is 0.623. The van der Waals surface area contributed by atoms with Gasteiger partial charge in [-0.15, -0.1) is 0 Å². The fourth-order valence-corrected chi connectivity index (χ4v) is 2.70. The summed E-state index contributed by atoms with van der Waals surface area (Å²) in [4.78, 5) is 4.27. The van der Waals surface area contributed by atoms with Gasteiger partial charge in [-0.05, 0) is 43.9 Å². The molecule has 1 aromatic rings. The van der Waals surface area contributed by atoms with Gasteiger partial charge in [-0.25, -0.2) is 0 Å². The van der Waals surface area contributed by atoms with Crippen LogP contribution in [0, 0.1) is 0 Å². The summed E-state index contributed by atoms with van der Waals surface area (Å²) in [6.45, 7) is 0. The molecule has 1 aromatic heterocycles.